The number of rotatable bonds is 6. The highest BCUT2D eigenvalue weighted by atomic mass is 32.2. The second-order valence-electron chi connectivity index (χ2n) is 5.98. The van der Waals surface area contributed by atoms with Crippen LogP contribution in [0, 0.1) is 11.3 Å². The molecule has 6 nitrogen and oxygen atoms in total. The minimum atomic E-state index is -3.74. The molecule has 0 spiro atoms. The molecule has 0 saturated heterocycles. The zero-order chi connectivity index (χ0) is 18.7. The molecular weight excluding hydrogens is 348 g/mol. The van der Waals surface area contributed by atoms with Gasteiger partial charge in [0.1, 0.15) is 6.07 Å². The van der Waals surface area contributed by atoms with Crippen molar-refractivity contribution in [3.05, 3.63) is 59.3 Å². The highest BCUT2D eigenvalue weighted by molar-refractivity contribution is 7.92. The number of aryl methyl sites for hydroxylation is 1. The summed E-state index contributed by atoms with van der Waals surface area (Å²) in [4.78, 5) is 3.20. The van der Waals surface area contributed by atoms with Gasteiger partial charge in [-0.25, -0.2) is 8.42 Å². The summed E-state index contributed by atoms with van der Waals surface area (Å²) in [5.74, 6) is 0. The largest absolute Gasteiger partial charge is 0.358 e. The van der Waals surface area contributed by atoms with Crippen molar-refractivity contribution in [3.63, 3.8) is 0 Å². The maximum absolute atomic E-state index is 12.7. The number of nitrogens with two attached hydrogens (primary N) is 1. The molecule has 0 radical (unpaired) electrons. The van der Waals surface area contributed by atoms with Crippen molar-refractivity contribution in [2.45, 2.75) is 24.7 Å². The van der Waals surface area contributed by atoms with Gasteiger partial charge in [0, 0.05) is 11.6 Å². The van der Waals surface area contributed by atoms with Crippen molar-refractivity contribution in [2.24, 2.45) is 5.73 Å². The normalized spacial score (nSPS) is 11.4. The molecule has 0 bridgehead atoms. The SMILES string of the molecule is CCc1ccc(NS(=O)(=O)c2ccc(CCN)cc2)c2[nH]cc(C#N)c12. The molecule has 134 valence electrons. The Labute approximate surface area is 152 Å². The van der Waals surface area contributed by atoms with Crippen LogP contribution in [0.5, 0.6) is 0 Å². The third-order valence-corrected chi connectivity index (χ3v) is 5.72. The van der Waals surface area contributed by atoms with E-state index in [0.717, 1.165) is 22.9 Å². The van der Waals surface area contributed by atoms with Crippen molar-refractivity contribution in [1.82, 2.24) is 4.98 Å². The van der Waals surface area contributed by atoms with E-state index in [0.29, 0.717) is 29.7 Å². The Balaban J connectivity index is 2.00. The van der Waals surface area contributed by atoms with E-state index >= 15 is 0 Å². The average molecular weight is 368 g/mol. The number of aromatic nitrogens is 1. The lowest BCUT2D eigenvalue weighted by Gasteiger charge is -2.11. The van der Waals surface area contributed by atoms with Crippen LogP contribution in [0.1, 0.15) is 23.6 Å². The summed E-state index contributed by atoms with van der Waals surface area (Å²) in [5.41, 5.74) is 9.04. The lowest BCUT2D eigenvalue weighted by molar-refractivity contribution is 0.601. The number of aromatic amines is 1. The van der Waals surface area contributed by atoms with E-state index in [1.165, 1.54) is 0 Å². The lowest BCUT2D eigenvalue weighted by atomic mass is 10.0. The summed E-state index contributed by atoms with van der Waals surface area (Å²) in [7, 11) is -3.74. The second-order valence-corrected chi connectivity index (χ2v) is 7.66. The number of hydrogen-bond donors (Lipinski definition) is 3. The highest BCUT2D eigenvalue weighted by Gasteiger charge is 2.18. The van der Waals surface area contributed by atoms with Crippen LogP contribution in [0.15, 0.2) is 47.5 Å². The molecule has 0 atom stereocenters. The third-order valence-electron chi connectivity index (χ3n) is 4.33. The van der Waals surface area contributed by atoms with Gasteiger partial charge in [-0.1, -0.05) is 25.1 Å². The summed E-state index contributed by atoms with van der Waals surface area (Å²) < 4.78 is 28.1. The first-order valence-electron chi connectivity index (χ1n) is 8.35. The van der Waals surface area contributed by atoms with Gasteiger partial charge in [0.2, 0.25) is 0 Å². The predicted molar refractivity (Wildman–Crippen MR) is 102 cm³/mol. The minimum absolute atomic E-state index is 0.179. The minimum Gasteiger partial charge on any atom is -0.358 e. The fraction of sp³-hybridized carbons (Fsp3) is 0.211. The molecule has 3 aromatic rings. The number of fused-ring (bicyclic) bond motifs is 1. The monoisotopic (exact) mass is 368 g/mol. The first-order valence-corrected chi connectivity index (χ1v) is 9.83. The Kier molecular flexibility index (Phi) is 4.98. The number of hydrogen-bond acceptors (Lipinski definition) is 4. The molecule has 0 amide bonds. The molecule has 0 saturated carbocycles. The average Bonchev–Trinajstić information content (AvgIpc) is 3.07. The van der Waals surface area contributed by atoms with Gasteiger partial charge in [-0.15, -0.1) is 0 Å². The van der Waals surface area contributed by atoms with Crippen LogP contribution in [0.25, 0.3) is 10.9 Å². The molecule has 0 unspecified atom stereocenters. The second kappa shape index (κ2) is 7.20. The van der Waals surface area contributed by atoms with E-state index in [1.807, 2.05) is 13.0 Å². The van der Waals surface area contributed by atoms with Gasteiger partial charge < -0.3 is 10.7 Å². The first-order chi connectivity index (χ1) is 12.5. The van der Waals surface area contributed by atoms with Gasteiger partial charge in [0.25, 0.3) is 10.0 Å². The van der Waals surface area contributed by atoms with Crippen LogP contribution in [0.2, 0.25) is 0 Å². The lowest BCUT2D eigenvalue weighted by Crippen LogP contribution is -2.13. The number of nitrogens with one attached hydrogen (secondary N) is 2. The van der Waals surface area contributed by atoms with Crippen molar-refractivity contribution in [3.8, 4) is 6.07 Å². The van der Waals surface area contributed by atoms with E-state index in [-0.39, 0.29) is 4.90 Å². The number of anilines is 1. The van der Waals surface area contributed by atoms with Gasteiger partial charge in [-0.3, -0.25) is 4.72 Å². The van der Waals surface area contributed by atoms with Crippen molar-refractivity contribution in [1.29, 1.82) is 5.26 Å². The zero-order valence-electron chi connectivity index (χ0n) is 14.4. The molecular formula is C19H20N4O2S. The molecule has 2 aromatic carbocycles. The number of sulfonamides is 1. The molecule has 0 aliphatic rings. The van der Waals surface area contributed by atoms with Gasteiger partial charge in [0.15, 0.2) is 0 Å². The smallest absolute Gasteiger partial charge is 0.261 e. The maximum Gasteiger partial charge on any atom is 0.261 e. The fourth-order valence-corrected chi connectivity index (χ4v) is 4.07. The first kappa shape index (κ1) is 18.0. The van der Waals surface area contributed by atoms with Crippen LogP contribution >= 0.6 is 0 Å². The van der Waals surface area contributed by atoms with Crippen molar-refractivity contribution < 1.29 is 8.42 Å². The molecule has 1 heterocycles. The quantitative estimate of drug-likeness (QED) is 0.621. The predicted octanol–water partition coefficient (Wildman–Crippen LogP) is 2.90. The zero-order valence-corrected chi connectivity index (χ0v) is 15.2. The van der Waals surface area contributed by atoms with Gasteiger partial charge in [-0.2, -0.15) is 5.26 Å². The van der Waals surface area contributed by atoms with E-state index in [4.69, 9.17) is 5.73 Å². The van der Waals surface area contributed by atoms with Gasteiger partial charge in [0.05, 0.1) is 21.7 Å². The van der Waals surface area contributed by atoms with E-state index < -0.39 is 10.0 Å². The standard InChI is InChI=1S/C19H20N4O2S/c1-2-14-5-8-17(19-18(14)15(11-21)12-22-19)23-26(24,25)16-6-3-13(4-7-16)9-10-20/h3-8,12,22-23H,2,9-10,20H2,1H3. The molecule has 3 rings (SSSR count). The molecule has 0 aliphatic carbocycles. The number of H-pyrrole nitrogens is 1. The Hall–Kier alpha value is -2.82. The number of benzene rings is 2. The molecule has 26 heavy (non-hydrogen) atoms. The van der Waals surface area contributed by atoms with E-state index in [1.54, 1.807) is 36.5 Å². The summed E-state index contributed by atoms with van der Waals surface area (Å²) in [6.45, 7) is 2.51. The molecule has 4 N–H and O–H groups in total. The molecule has 7 heteroatoms. The third kappa shape index (κ3) is 3.29. The molecule has 1 aromatic heterocycles. The maximum atomic E-state index is 12.7. The highest BCUT2D eigenvalue weighted by Crippen LogP contribution is 2.30. The summed E-state index contributed by atoms with van der Waals surface area (Å²) in [5, 5.41) is 10.1. The summed E-state index contributed by atoms with van der Waals surface area (Å²) >= 11 is 0. The van der Waals surface area contributed by atoms with Crippen LogP contribution in [0.3, 0.4) is 0 Å². The summed E-state index contributed by atoms with van der Waals surface area (Å²) in [6.07, 6.45) is 3.05. The fourth-order valence-electron chi connectivity index (χ4n) is 2.99. The molecule has 0 aliphatic heterocycles. The van der Waals surface area contributed by atoms with Gasteiger partial charge in [-0.05, 0) is 48.7 Å². The van der Waals surface area contributed by atoms with E-state index in [2.05, 4.69) is 15.8 Å². The van der Waals surface area contributed by atoms with Crippen LogP contribution in [-0.2, 0) is 22.9 Å². The Morgan fingerprint density at radius 3 is 2.54 bits per heavy atom. The topological polar surface area (TPSA) is 112 Å². The van der Waals surface area contributed by atoms with Crippen molar-refractivity contribution >= 4 is 26.6 Å². The van der Waals surface area contributed by atoms with Crippen LogP contribution < -0.4 is 10.5 Å². The van der Waals surface area contributed by atoms with Crippen LogP contribution in [-0.4, -0.2) is 19.9 Å². The number of nitriles is 1. The Morgan fingerprint density at radius 2 is 1.92 bits per heavy atom. The Bertz CT molecular complexity index is 1080. The Morgan fingerprint density at radius 1 is 1.19 bits per heavy atom. The number of nitrogens with zero attached hydrogens (tertiary/aromatic N) is 1. The van der Waals surface area contributed by atoms with Crippen molar-refractivity contribution in [2.75, 3.05) is 11.3 Å². The van der Waals surface area contributed by atoms with Crippen LogP contribution in [0.4, 0.5) is 5.69 Å². The summed E-state index contributed by atoms with van der Waals surface area (Å²) in [6, 6.07) is 12.4. The molecule has 0 fully saturated rings. The van der Waals surface area contributed by atoms with Gasteiger partial charge >= 0.3 is 0 Å². The van der Waals surface area contributed by atoms with E-state index in [9.17, 15) is 13.7 Å².